The normalized spacial score (nSPS) is 15.0. The quantitative estimate of drug-likeness (QED) is 0.203. The van der Waals surface area contributed by atoms with E-state index in [1.807, 2.05) is 22.8 Å². The van der Waals surface area contributed by atoms with Gasteiger partial charge in [0.15, 0.2) is 17.3 Å². The minimum atomic E-state index is -4.37. The highest BCUT2D eigenvalue weighted by Crippen LogP contribution is 2.35. The van der Waals surface area contributed by atoms with Crippen molar-refractivity contribution in [1.29, 1.82) is 0 Å². The number of piperidine rings is 1. The monoisotopic (exact) mass is 598 g/mol. The molecule has 6 aromatic rings. The van der Waals surface area contributed by atoms with E-state index >= 15 is 0 Å². The van der Waals surface area contributed by atoms with Gasteiger partial charge >= 0.3 is 6.18 Å². The molecule has 1 fully saturated rings. The zero-order valence-corrected chi connectivity index (χ0v) is 24.1. The number of nitrogens with one attached hydrogen (secondary N) is 1. The fraction of sp³-hybridized carbons (Fsp3) is 0.242. The molecule has 0 spiro atoms. The van der Waals surface area contributed by atoms with Crippen molar-refractivity contribution in [3.05, 3.63) is 107 Å². The summed E-state index contributed by atoms with van der Waals surface area (Å²) in [6.07, 6.45) is -0.729. The number of halogens is 3. The van der Waals surface area contributed by atoms with E-state index in [9.17, 15) is 13.2 Å². The molecule has 0 atom stereocenters. The van der Waals surface area contributed by atoms with Gasteiger partial charge in [0, 0.05) is 46.7 Å². The van der Waals surface area contributed by atoms with E-state index in [1.54, 1.807) is 17.7 Å². The SMILES string of the molecule is FC(F)(F)c1ccc(Cn2cnc3c(NC4CCN(Cc5ccccc5)CC4)nc(-c4csc5ccccc45)nc32)cc1. The Morgan fingerprint density at radius 1 is 0.837 bits per heavy atom. The second-order valence-corrected chi connectivity index (χ2v) is 11.9. The predicted molar refractivity (Wildman–Crippen MR) is 165 cm³/mol. The van der Waals surface area contributed by atoms with E-state index in [4.69, 9.17) is 9.97 Å². The first-order valence-corrected chi connectivity index (χ1v) is 15.2. The fourth-order valence-electron chi connectivity index (χ4n) is 5.70. The van der Waals surface area contributed by atoms with Crippen LogP contribution in [0.15, 0.2) is 90.6 Å². The molecule has 0 aliphatic carbocycles. The smallest absolute Gasteiger partial charge is 0.365 e. The van der Waals surface area contributed by atoms with Crippen LogP contribution in [-0.4, -0.2) is 43.6 Å². The summed E-state index contributed by atoms with van der Waals surface area (Å²) in [7, 11) is 0. The van der Waals surface area contributed by atoms with Gasteiger partial charge in [-0.15, -0.1) is 11.3 Å². The maximum Gasteiger partial charge on any atom is 0.416 e. The third-order valence-corrected chi connectivity index (χ3v) is 8.96. The van der Waals surface area contributed by atoms with E-state index in [0.29, 0.717) is 29.4 Å². The first-order chi connectivity index (χ1) is 20.9. The van der Waals surface area contributed by atoms with Crippen LogP contribution in [0, 0.1) is 0 Å². The summed E-state index contributed by atoms with van der Waals surface area (Å²) in [5.74, 6) is 1.28. The zero-order valence-electron chi connectivity index (χ0n) is 23.3. The van der Waals surface area contributed by atoms with E-state index < -0.39 is 11.7 Å². The molecule has 3 aromatic carbocycles. The van der Waals surface area contributed by atoms with Gasteiger partial charge in [-0.05, 0) is 42.2 Å². The molecule has 10 heteroatoms. The van der Waals surface area contributed by atoms with Crippen LogP contribution in [0.4, 0.5) is 19.0 Å². The minimum Gasteiger partial charge on any atom is -0.365 e. The van der Waals surface area contributed by atoms with E-state index in [2.05, 4.69) is 57.0 Å². The average Bonchev–Trinajstić information content (AvgIpc) is 3.63. The standard InChI is InChI=1S/C33H29F3N6S/c34-33(35,36)24-12-10-23(11-13-24)19-42-21-37-29-31(38-25-14-16-41(17-15-25)18-22-6-2-1-3-7-22)39-30(40-32(29)42)27-20-43-28-9-5-4-8-26(27)28/h1-13,20-21,25H,14-19H2,(H,38,39,40). The number of hydrogen-bond donors (Lipinski definition) is 1. The van der Waals surface area contributed by atoms with Crippen LogP contribution in [0.2, 0.25) is 0 Å². The Bertz CT molecular complexity index is 1860. The summed E-state index contributed by atoms with van der Waals surface area (Å²) in [5.41, 5.74) is 3.63. The summed E-state index contributed by atoms with van der Waals surface area (Å²) in [6.45, 7) is 3.23. The molecule has 4 heterocycles. The largest absolute Gasteiger partial charge is 0.416 e. The number of rotatable bonds is 7. The van der Waals surface area contributed by atoms with Crippen LogP contribution in [0.25, 0.3) is 32.6 Å². The molecule has 43 heavy (non-hydrogen) atoms. The summed E-state index contributed by atoms with van der Waals surface area (Å²) in [6, 6.07) is 24.2. The van der Waals surface area contributed by atoms with Gasteiger partial charge < -0.3 is 9.88 Å². The zero-order chi connectivity index (χ0) is 29.4. The fourth-order valence-corrected chi connectivity index (χ4v) is 6.64. The number of thiophene rings is 1. The number of likely N-dealkylation sites (tertiary alicyclic amines) is 1. The minimum absolute atomic E-state index is 0.234. The molecule has 1 N–H and O–H groups in total. The molecule has 1 aliphatic heterocycles. The van der Waals surface area contributed by atoms with E-state index in [1.165, 1.54) is 17.7 Å². The first kappa shape index (κ1) is 27.5. The van der Waals surface area contributed by atoms with Gasteiger partial charge in [-0.3, -0.25) is 4.90 Å². The number of benzene rings is 3. The Balaban J connectivity index is 1.19. The van der Waals surface area contributed by atoms with Crippen molar-refractivity contribution in [2.24, 2.45) is 0 Å². The van der Waals surface area contributed by atoms with Gasteiger partial charge in [-0.25, -0.2) is 15.0 Å². The second-order valence-electron chi connectivity index (χ2n) is 11.0. The highest BCUT2D eigenvalue weighted by atomic mass is 32.1. The summed E-state index contributed by atoms with van der Waals surface area (Å²) in [4.78, 5) is 17.1. The Morgan fingerprint density at radius 3 is 2.33 bits per heavy atom. The molecule has 6 nitrogen and oxygen atoms in total. The summed E-state index contributed by atoms with van der Waals surface area (Å²) < 4.78 is 42.4. The van der Waals surface area contributed by atoms with Crippen molar-refractivity contribution in [3.63, 3.8) is 0 Å². The Labute approximate surface area is 250 Å². The van der Waals surface area contributed by atoms with E-state index in [-0.39, 0.29) is 6.04 Å². The number of imidazole rings is 1. The van der Waals surface area contributed by atoms with E-state index in [0.717, 1.165) is 65.8 Å². The lowest BCUT2D eigenvalue weighted by molar-refractivity contribution is -0.137. The summed E-state index contributed by atoms with van der Waals surface area (Å²) in [5, 5.41) is 6.85. The highest BCUT2D eigenvalue weighted by Gasteiger charge is 2.30. The first-order valence-electron chi connectivity index (χ1n) is 14.3. The number of hydrogen-bond acceptors (Lipinski definition) is 6. The number of aromatic nitrogens is 4. The molecule has 0 saturated carbocycles. The molecule has 0 bridgehead atoms. The Hall–Kier alpha value is -4.28. The van der Waals surface area contributed by atoms with Crippen molar-refractivity contribution in [1.82, 2.24) is 24.4 Å². The third kappa shape index (κ3) is 5.85. The molecule has 0 unspecified atom stereocenters. The average molecular weight is 599 g/mol. The maximum absolute atomic E-state index is 13.1. The third-order valence-electron chi connectivity index (χ3n) is 8.00. The van der Waals surface area contributed by atoms with Gasteiger partial charge in [0.05, 0.1) is 18.4 Å². The van der Waals surface area contributed by atoms with Crippen LogP contribution in [0.3, 0.4) is 0 Å². The van der Waals surface area contributed by atoms with Gasteiger partial charge in [0.25, 0.3) is 0 Å². The Morgan fingerprint density at radius 2 is 1.56 bits per heavy atom. The van der Waals surface area contributed by atoms with Gasteiger partial charge in [-0.2, -0.15) is 13.2 Å². The topological polar surface area (TPSA) is 58.9 Å². The van der Waals surface area contributed by atoms with Gasteiger partial charge in [0.1, 0.15) is 5.52 Å². The number of nitrogens with zero attached hydrogens (tertiary/aromatic N) is 5. The molecule has 218 valence electrons. The predicted octanol–water partition coefficient (Wildman–Crippen LogP) is 7.85. The summed E-state index contributed by atoms with van der Waals surface area (Å²) >= 11 is 1.65. The Kier molecular flexibility index (Phi) is 7.32. The lowest BCUT2D eigenvalue weighted by atomic mass is 10.0. The van der Waals surface area contributed by atoms with Crippen LogP contribution >= 0.6 is 11.3 Å². The number of fused-ring (bicyclic) bond motifs is 2. The molecule has 0 radical (unpaired) electrons. The van der Waals surface area contributed by atoms with Crippen molar-refractivity contribution in [2.75, 3.05) is 18.4 Å². The molecular formula is C33H29F3N6S. The molecule has 0 amide bonds. The molecule has 3 aromatic heterocycles. The van der Waals surface area contributed by atoms with Gasteiger partial charge in [0.2, 0.25) is 0 Å². The number of alkyl halides is 3. The molecule has 7 rings (SSSR count). The molecular weight excluding hydrogens is 569 g/mol. The van der Waals surface area contributed by atoms with Crippen LogP contribution in [0.5, 0.6) is 0 Å². The molecule has 1 saturated heterocycles. The lowest BCUT2D eigenvalue weighted by Gasteiger charge is -2.32. The van der Waals surface area contributed by atoms with Crippen molar-refractivity contribution in [3.8, 4) is 11.4 Å². The van der Waals surface area contributed by atoms with Gasteiger partial charge in [-0.1, -0.05) is 60.7 Å². The van der Waals surface area contributed by atoms with Crippen LogP contribution in [0.1, 0.15) is 29.5 Å². The maximum atomic E-state index is 13.1. The molecule has 1 aliphatic rings. The lowest BCUT2D eigenvalue weighted by Crippen LogP contribution is -2.38. The van der Waals surface area contributed by atoms with Crippen molar-refractivity contribution < 1.29 is 13.2 Å². The number of anilines is 1. The van der Waals surface area contributed by atoms with Crippen LogP contribution < -0.4 is 5.32 Å². The van der Waals surface area contributed by atoms with Crippen molar-refractivity contribution in [2.45, 2.75) is 38.1 Å². The highest BCUT2D eigenvalue weighted by molar-refractivity contribution is 7.17. The second kappa shape index (κ2) is 11.4. The van der Waals surface area contributed by atoms with Crippen molar-refractivity contribution >= 4 is 38.4 Å². The van der Waals surface area contributed by atoms with Crippen LogP contribution in [-0.2, 0) is 19.3 Å².